The molecule has 0 bridgehead atoms. The Kier molecular flexibility index (Phi) is 5.96. The molecule has 1 aliphatic carbocycles. The van der Waals surface area contributed by atoms with Crippen LogP contribution in [0.3, 0.4) is 0 Å². The van der Waals surface area contributed by atoms with E-state index in [0.717, 1.165) is 25.7 Å². The minimum Gasteiger partial charge on any atom is -0.396 e. The Hall–Kier alpha value is -0.570. The van der Waals surface area contributed by atoms with Gasteiger partial charge in [-0.05, 0) is 43.4 Å². The van der Waals surface area contributed by atoms with Gasteiger partial charge in [-0.3, -0.25) is 4.79 Å². The molecule has 1 atom stereocenters. The van der Waals surface area contributed by atoms with E-state index in [2.05, 4.69) is 26.1 Å². The molecule has 1 unspecified atom stereocenters. The molecule has 0 aromatic rings. The van der Waals surface area contributed by atoms with Crippen molar-refractivity contribution in [3.8, 4) is 0 Å². The van der Waals surface area contributed by atoms with Crippen molar-refractivity contribution < 1.29 is 9.90 Å². The maximum atomic E-state index is 11.8. The van der Waals surface area contributed by atoms with Crippen molar-refractivity contribution in [1.29, 1.82) is 0 Å². The monoisotopic (exact) mass is 241 g/mol. The summed E-state index contributed by atoms with van der Waals surface area (Å²) >= 11 is 0. The van der Waals surface area contributed by atoms with Crippen LogP contribution in [0, 0.1) is 17.8 Å². The number of amides is 1. The van der Waals surface area contributed by atoms with Gasteiger partial charge in [0.15, 0.2) is 0 Å². The van der Waals surface area contributed by atoms with Gasteiger partial charge in [-0.1, -0.05) is 20.8 Å². The van der Waals surface area contributed by atoms with Crippen molar-refractivity contribution in [1.82, 2.24) is 5.32 Å². The van der Waals surface area contributed by atoms with E-state index >= 15 is 0 Å². The van der Waals surface area contributed by atoms with Gasteiger partial charge in [-0.2, -0.15) is 0 Å². The summed E-state index contributed by atoms with van der Waals surface area (Å²) in [4.78, 5) is 11.8. The second-order valence-corrected chi connectivity index (χ2v) is 5.89. The van der Waals surface area contributed by atoms with Crippen molar-refractivity contribution in [2.75, 3.05) is 6.61 Å². The average molecular weight is 241 g/mol. The molecule has 0 heterocycles. The van der Waals surface area contributed by atoms with Gasteiger partial charge in [0.25, 0.3) is 0 Å². The first kappa shape index (κ1) is 14.5. The summed E-state index contributed by atoms with van der Waals surface area (Å²) in [6.45, 7) is 6.74. The summed E-state index contributed by atoms with van der Waals surface area (Å²) in [6.07, 6.45) is 4.76. The van der Waals surface area contributed by atoms with Gasteiger partial charge in [-0.25, -0.2) is 0 Å². The molecule has 1 rings (SSSR count). The molecular formula is C14H27NO2. The molecule has 100 valence electrons. The van der Waals surface area contributed by atoms with Crippen molar-refractivity contribution in [3.63, 3.8) is 0 Å². The van der Waals surface area contributed by atoms with Crippen molar-refractivity contribution in [2.45, 2.75) is 58.9 Å². The Morgan fingerprint density at radius 1 is 1.24 bits per heavy atom. The number of hydrogen-bond donors (Lipinski definition) is 2. The lowest BCUT2D eigenvalue weighted by Gasteiger charge is -2.28. The molecule has 1 saturated carbocycles. The Bertz CT molecular complexity index is 232. The van der Waals surface area contributed by atoms with Gasteiger partial charge in [0, 0.05) is 19.1 Å². The number of carbonyl (C=O) groups is 1. The van der Waals surface area contributed by atoms with Crippen molar-refractivity contribution >= 4 is 5.91 Å². The van der Waals surface area contributed by atoms with Crippen LogP contribution in [-0.2, 0) is 4.79 Å². The maximum absolute atomic E-state index is 11.8. The average Bonchev–Trinajstić information content (AvgIpc) is 2.29. The van der Waals surface area contributed by atoms with Crippen molar-refractivity contribution in [3.05, 3.63) is 0 Å². The first-order valence-corrected chi connectivity index (χ1v) is 6.93. The zero-order valence-corrected chi connectivity index (χ0v) is 11.4. The fraction of sp³-hybridized carbons (Fsp3) is 0.929. The first-order chi connectivity index (χ1) is 8.02. The van der Waals surface area contributed by atoms with Gasteiger partial charge in [0.1, 0.15) is 0 Å². The summed E-state index contributed by atoms with van der Waals surface area (Å²) in [5.74, 6) is 1.66. The number of hydrogen-bond acceptors (Lipinski definition) is 2. The smallest absolute Gasteiger partial charge is 0.220 e. The molecule has 2 N–H and O–H groups in total. The van der Waals surface area contributed by atoms with Gasteiger partial charge in [0.2, 0.25) is 5.91 Å². The number of aliphatic hydroxyl groups is 1. The molecule has 0 spiro atoms. The second kappa shape index (κ2) is 7.00. The maximum Gasteiger partial charge on any atom is 0.220 e. The first-order valence-electron chi connectivity index (χ1n) is 6.93. The van der Waals surface area contributed by atoms with Gasteiger partial charge >= 0.3 is 0 Å². The van der Waals surface area contributed by atoms with E-state index in [1.807, 2.05) is 0 Å². The summed E-state index contributed by atoms with van der Waals surface area (Å²) < 4.78 is 0. The van der Waals surface area contributed by atoms with Crippen LogP contribution < -0.4 is 5.32 Å². The van der Waals surface area contributed by atoms with Crippen LogP contribution in [0.4, 0.5) is 0 Å². The lowest BCUT2D eigenvalue weighted by molar-refractivity contribution is -0.123. The Labute approximate surface area is 105 Å². The zero-order chi connectivity index (χ0) is 12.8. The van der Waals surface area contributed by atoms with E-state index in [-0.39, 0.29) is 5.91 Å². The van der Waals surface area contributed by atoms with E-state index < -0.39 is 0 Å². The van der Waals surface area contributed by atoms with E-state index in [9.17, 15) is 4.79 Å². The molecule has 0 saturated heterocycles. The minimum absolute atomic E-state index is 0.193. The lowest BCUT2D eigenvalue weighted by atomic mass is 9.86. The fourth-order valence-corrected chi connectivity index (χ4v) is 2.30. The predicted molar refractivity (Wildman–Crippen MR) is 69.6 cm³/mol. The summed E-state index contributed by atoms with van der Waals surface area (Å²) in [7, 11) is 0. The number of nitrogens with one attached hydrogen (secondary N) is 1. The number of carbonyl (C=O) groups excluding carboxylic acids is 1. The van der Waals surface area contributed by atoms with E-state index in [0.29, 0.717) is 36.8 Å². The van der Waals surface area contributed by atoms with Crippen LogP contribution in [0.15, 0.2) is 0 Å². The molecule has 1 amide bonds. The van der Waals surface area contributed by atoms with Crippen molar-refractivity contribution in [2.24, 2.45) is 17.8 Å². The Balaban J connectivity index is 2.23. The van der Waals surface area contributed by atoms with Gasteiger partial charge in [0.05, 0.1) is 0 Å². The largest absolute Gasteiger partial charge is 0.396 e. The molecule has 3 nitrogen and oxygen atoms in total. The highest BCUT2D eigenvalue weighted by molar-refractivity contribution is 5.76. The third-order valence-corrected chi connectivity index (χ3v) is 4.12. The predicted octanol–water partition coefficient (Wildman–Crippen LogP) is 2.34. The Morgan fingerprint density at radius 3 is 2.29 bits per heavy atom. The number of aliphatic hydroxyl groups excluding tert-OH is 1. The molecule has 0 aromatic carbocycles. The van der Waals surface area contributed by atoms with Crippen LogP contribution in [0.1, 0.15) is 52.9 Å². The second-order valence-electron chi connectivity index (χ2n) is 5.89. The fourth-order valence-electron chi connectivity index (χ4n) is 2.30. The minimum atomic E-state index is 0.193. The molecule has 0 aromatic heterocycles. The molecule has 0 radical (unpaired) electrons. The quantitative estimate of drug-likeness (QED) is 0.776. The van der Waals surface area contributed by atoms with Crippen LogP contribution in [-0.4, -0.2) is 23.7 Å². The Morgan fingerprint density at radius 2 is 1.82 bits per heavy atom. The molecule has 17 heavy (non-hydrogen) atoms. The third kappa shape index (κ3) is 5.07. The topological polar surface area (TPSA) is 49.3 Å². The summed E-state index contributed by atoms with van der Waals surface area (Å²) in [6, 6.07) is 0.338. The SMILES string of the molecule is CC(C)C(C)CC(=O)NC1CCC(CO)CC1. The van der Waals surface area contributed by atoms with Crippen LogP contribution in [0.5, 0.6) is 0 Å². The highest BCUT2D eigenvalue weighted by Gasteiger charge is 2.22. The standard InChI is InChI=1S/C14H27NO2/c1-10(2)11(3)8-14(17)15-13-6-4-12(9-16)5-7-13/h10-13,16H,4-9H2,1-3H3,(H,15,17). The molecular weight excluding hydrogens is 214 g/mol. The lowest BCUT2D eigenvalue weighted by Crippen LogP contribution is -2.38. The summed E-state index contributed by atoms with van der Waals surface area (Å²) in [5.41, 5.74) is 0. The van der Waals surface area contributed by atoms with Crippen LogP contribution >= 0.6 is 0 Å². The normalized spacial score (nSPS) is 26.9. The van der Waals surface area contributed by atoms with Gasteiger partial charge in [-0.15, -0.1) is 0 Å². The van der Waals surface area contributed by atoms with Gasteiger partial charge < -0.3 is 10.4 Å². The highest BCUT2D eigenvalue weighted by Crippen LogP contribution is 2.24. The van der Waals surface area contributed by atoms with Crippen LogP contribution in [0.25, 0.3) is 0 Å². The molecule has 1 fully saturated rings. The van der Waals surface area contributed by atoms with E-state index in [1.165, 1.54) is 0 Å². The highest BCUT2D eigenvalue weighted by atomic mass is 16.3. The van der Waals surface area contributed by atoms with Crippen LogP contribution in [0.2, 0.25) is 0 Å². The molecule has 1 aliphatic rings. The van der Waals surface area contributed by atoms with E-state index in [1.54, 1.807) is 0 Å². The molecule has 0 aliphatic heterocycles. The zero-order valence-electron chi connectivity index (χ0n) is 11.4. The third-order valence-electron chi connectivity index (χ3n) is 4.12. The molecule has 3 heteroatoms. The van der Waals surface area contributed by atoms with E-state index in [4.69, 9.17) is 5.11 Å². The summed E-state index contributed by atoms with van der Waals surface area (Å²) in [5, 5.41) is 12.2. The number of rotatable bonds is 5.